The van der Waals surface area contributed by atoms with E-state index in [1.54, 1.807) is 0 Å². The third kappa shape index (κ3) is 4.94. The third-order valence-electron chi connectivity index (χ3n) is 3.78. The van der Waals surface area contributed by atoms with E-state index in [0.29, 0.717) is 13.0 Å². The van der Waals surface area contributed by atoms with E-state index in [1.165, 1.54) is 25.7 Å². The highest BCUT2D eigenvalue weighted by atomic mass is 16.5. The van der Waals surface area contributed by atoms with Crippen LogP contribution in [0.25, 0.3) is 0 Å². The van der Waals surface area contributed by atoms with Crippen molar-refractivity contribution in [3.63, 3.8) is 0 Å². The van der Waals surface area contributed by atoms with E-state index in [1.807, 2.05) is 6.92 Å². The van der Waals surface area contributed by atoms with Gasteiger partial charge in [-0.25, -0.2) is 4.79 Å². The molecule has 0 bridgehead atoms. The average Bonchev–Trinajstić information content (AvgIpc) is 3.18. The zero-order chi connectivity index (χ0) is 13.0. The van der Waals surface area contributed by atoms with E-state index in [0.717, 1.165) is 31.5 Å². The van der Waals surface area contributed by atoms with Crippen LogP contribution in [0.2, 0.25) is 0 Å². The molecule has 0 aromatic rings. The second-order valence-corrected chi connectivity index (χ2v) is 5.72. The molecular formula is C14H25NO3. The second kappa shape index (κ2) is 6.53. The highest BCUT2D eigenvalue weighted by molar-refractivity contribution is 5.72. The molecule has 1 unspecified atom stereocenters. The molecule has 1 N–H and O–H groups in total. The molecule has 0 heterocycles. The molecule has 0 aromatic carbocycles. The molecule has 0 aromatic heterocycles. The van der Waals surface area contributed by atoms with Crippen molar-refractivity contribution >= 4 is 5.97 Å². The van der Waals surface area contributed by atoms with Crippen molar-refractivity contribution in [3.8, 4) is 0 Å². The maximum absolute atomic E-state index is 11.0. The predicted octanol–water partition coefficient (Wildman–Crippen LogP) is 1.99. The number of carboxylic acid groups (broad SMARTS) is 1. The van der Waals surface area contributed by atoms with Gasteiger partial charge in [-0.3, -0.25) is 0 Å². The van der Waals surface area contributed by atoms with Crippen molar-refractivity contribution in [1.82, 2.24) is 4.90 Å². The van der Waals surface area contributed by atoms with Crippen molar-refractivity contribution in [2.45, 2.75) is 45.1 Å². The Morgan fingerprint density at radius 1 is 1.28 bits per heavy atom. The zero-order valence-corrected chi connectivity index (χ0v) is 11.3. The first-order chi connectivity index (χ1) is 8.69. The molecule has 2 saturated carbocycles. The number of hydrogen-bond donors (Lipinski definition) is 1. The lowest BCUT2D eigenvalue weighted by molar-refractivity contribution is -0.150. The second-order valence-electron chi connectivity index (χ2n) is 5.72. The summed E-state index contributed by atoms with van der Waals surface area (Å²) in [7, 11) is 0. The van der Waals surface area contributed by atoms with Crippen LogP contribution in [0.1, 0.15) is 39.0 Å². The number of rotatable bonds is 10. The van der Waals surface area contributed by atoms with Crippen LogP contribution in [-0.2, 0) is 9.53 Å². The summed E-state index contributed by atoms with van der Waals surface area (Å²) in [5.41, 5.74) is 0. The minimum Gasteiger partial charge on any atom is -0.479 e. The first-order valence-electron chi connectivity index (χ1n) is 7.25. The quantitative estimate of drug-likeness (QED) is 0.648. The van der Waals surface area contributed by atoms with E-state index < -0.39 is 12.1 Å². The molecule has 4 nitrogen and oxygen atoms in total. The molecule has 1 atom stereocenters. The summed E-state index contributed by atoms with van der Waals surface area (Å²) in [6, 6.07) is 0. The standard InChI is InChI=1S/C14H25NO3/c1-2-18-13(14(16)17)7-8-15(9-11-3-4-11)10-12-5-6-12/h11-13H,2-10H2,1H3,(H,16,17). The molecule has 2 aliphatic rings. The largest absolute Gasteiger partial charge is 0.479 e. The monoisotopic (exact) mass is 255 g/mol. The smallest absolute Gasteiger partial charge is 0.332 e. The Bertz CT molecular complexity index is 260. The summed E-state index contributed by atoms with van der Waals surface area (Å²) < 4.78 is 5.27. The molecule has 104 valence electrons. The number of carbonyl (C=O) groups is 1. The summed E-state index contributed by atoms with van der Waals surface area (Å²) in [4.78, 5) is 13.5. The molecule has 0 radical (unpaired) electrons. The number of ether oxygens (including phenoxy) is 1. The van der Waals surface area contributed by atoms with Crippen molar-refractivity contribution in [2.75, 3.05) is 26.2 Å². The SMILES string of the molecule is CCOC(CCN(CC1CC1)CC1CC1)C(=O)O. The van der Waals surface area contributed by atoms with Gasteiger partial charge < -0.3 is 14.7 Å². The van der Waals surface area contributed by atoms with Crippen molar-refractivity contribution < 1.29 is 14.6 Å². The fourth-order valence-corrected chi connectivity index (χ4v) is 2.37. The predicted molar refractivity (Wildman–Crippen MR) is 69.6 cm³/mol. The van der Waals surface area contributed by atoms with E-state index in [2.05, 4.69) is 4.90 Å². The highest BCUT2D eigenvalue weighted by Crippen LogP contribution is 2.33. The van der Waals surface area contributed by atoms with Crippen molar-refractivity contribution in [2.24, 2.45) is 11.8 Å². The molecule has 2 aliphatic carbocycles. The van der Waals surface area contributed by atoms with Gasteiger partial charge in [0, 0.05) is 26.2 Å². The van der Waals surface area contributed by atoms with Gasteiger partial charge in [0.15, 0.2) is 6.10 Å². The van der Waals surface area contributed by atoms with Crippen LogP contribution in [0.3, 0.4) is 0 Å². The Labute approximate surface area is 109 Å². The maximum atomic E-state index is 11.0. The lowest BCUT2D eigenvalue weighted by Gasteiger charge is -2.23. The van der Waals surface area contributed by atoms with Gasteiger partial charge in [-0.15, -0.1) is 0 Å². The minimum atomic E-state index is -0.824. The fraction of sp³-hybridized carbons (Fsp3) is 0.929. The number of hydrogen-bond acceptors (Lipinski definition) is 3. The maximum Gasteiger partial charge on any atom is 0.332 e. The van der Waals surface area contributed by atoms with E-state index in [-0.39, 0.29) is 0 Å². The average molecular weight is 255 g/mol. The Morgan fingerprint density at radius 3 is 2.22 bits per heavy atom. The van der Waals surface area contributed by atoms with E-state index >= 15 is 0 Å². The molecule has 0 saturated heterocycles. The minimum absolute atomic E-state index is 0.474. The molecular weight excluding hydrogens is 230 g/mol. The molecule has 0 spiro atoms. The van der Waals surface area contributed by atoms with Gasteiger partial charge in [-0.2, -0.15) is 0 Å². The van der Waals surface area contributed by atoms with Gasteiger partial charge in [-0.05, 0) is 50.9 Å². The van der Waals surface area contributed by atoms with Crippen LogP contribution < -0.4 is 0 Å². The Balaban J connectivity index is 1.72. The Hall–Kier alpha value is -0.610. The molecule has 2 fully saturated rings. The summed E-state index contributed by atoms with van der Waals surface area (Å²) >= 11 is 0. The first kappa shape index (κ1) is 13.8. The zero-order valence-electron chi connectivity index (χ0n) is 11.3. The Morgan fingerprint density at radius 2 is 1.83 bits per heavy atom. The summed E-state index contributed by atoms with van der Waals surface area (Å²) in [5, 5.41) is 9.06. The summed E-state index contributed by atoms with van der Waals surface area (Å²) in [6.07, 6.45) is 5.41. The molecule has 0 aliphatic heterocycles. The van der Waals surface area contributed by atoms with Crippen molar-refractivity contribution in [1.29, 1.82) is 0 Å². The first-order valence-corrected chi connectivity index (χ1v) is 7.25. The van der Waals surface area contributed by atoms with Gasteiger partial charge in [0.05, 0.1) is 0 Å². The molecule has 0 amide bonds. The number of nitrogens with zero attached hydrogens (tertiary/aromatic N) is 1. The van der Waals surface area contributed by atoms with Crippen LogP contribution in [-0.4, -0.2) is 48.3 Å². The van der Waals surface area contributed by atoms with Crippen LogP contribution in [0.4, 0.5) is 0 Å². The van der Waals surface area contributed by atoms with Crippen LogP contribution in [0.5, 0.6) is 0 Å². The molecule has 2 rings (SSSR count). The van der Waals surface area contributed by atoms with E-state index in [9.17, 15) is 4.79 Å². The van der Waals surface area contributed by atoms with Crippen LogP contribution >= 0.6 is 0 Å². The van der Waals surface area contributed by atoms with Crippen LogP contribution in [0.15, 0.2) is 0 Å². The fourth-order valence-electron chi connectivity index (χ4n) is 2.37. The topological polar surface area (TPSA) is 49.8 Å². The van der Waals surface area contributed by atoms with Gasteiger partial charge in [-0.1, -0.05) is 0 Å². The number of aliphatic carboxylic acids is 1. The Kier molecular flexibility index (Phi) is 5.01. The molecule has 18 heavy (non-hydrogen) atoms. The third-order valence-corrected chi connectivity index (χ3v) is 3.78. The lowest BCUT2D eigenvalue weighted by Crippen LogP contribution is -2.34. The summed E-state index contributed by atoms with van der Waals surface area (Å²) in [6.45, 7) is 5.51. The number of carboxylic acids is 1. The highest BCUT2D eigenvalue weighted by Gasteiger charge is 2.29. The van der Waals surface area contributed by atoms with Gasteiger partial charge >= 0.3 is 5.97 Å². The summed E-state index contributed by atoms with van der Waals surface area (Å²) in [5.74, 6) is 0.924. The van der Waals surface area contributed by atoms with Crippen LogP contribution in [0, 0.1) is 11.8 Å². The van der Waals surface area contributed by atoms with Gasteiger partial charge in [0.25, 0.3) is 0 Å². The van der Waals surface area contributed by atoms with E-state index in [4.69, 9.17) is 9.84 Å². The normalized spacial score (nSPS) is 21.2. The van der Waals surface area contributed by atoms with Gasteiger partial charge in [0.2, 0.25) is 0 Å². The van der Waals surface area contributed by atoms with Gasteiger partial charge in [0.1, 0.15) is 0 Å². The van der Waals surface area contributed by atoms with Crippen molar-refractivity contribution in [3.05, 3.63) is 0 Å². The molecule has 4 heteroatoms. The lowest BCUT2D eigenvalue weighted by atomic mass is 10.2.